The molecule has 5 nitrogen and oxygen atoms in total. The van der Waals surface area contributed by atoms with E-state index in [4.69, 9.17) is 14.2 Å². The normalized spacial score (nSPS) is 12.8. The molecule has 140 valence electrons. The van der Waals surface area contributed by atoms with Crippen molar-refractivity contribution >= 4 is 5.91 Å². The predicted octanol–water partition coefficient (Wildman–Crippen LogP) is 4.05. The molecule has 0 bridgehead atoms. The van der Waals surface area contributed by atoms with Gasteiger partial charge >= 0.3 is 0 Å². The van der Waals surface area contributed by atoms with Gasteiger partial charge in [0.2, 0.25) is 0 Å². The second-order valence-electron chi connectivity index (χ2n) is 6.11. The van der Waals surface area contributed by atoms with Crippen LogP contribution in [0.3, 0.4) is 0 Å². The number of carbonyl (C=O) groups excluding carboxylic acids is 1. The fourth-order valence-electron chi connectivity index (χ4n) is 2.71. The van der Waals surface area contributed by atoms with Gasteiger partial charge in [-0.1, -0.05) is 31.2 Å². The monoisotopic (exact) mass is 357 g/mol. The summed E-state index contributed by atoms with van der Waals surface area (Å²) in [4.78, 5) is 12.6. The third-order valence-corrected chi connectivity index (χ3v) is 4.30. The standard InChI is InChI=1S/C21H27NO4/c1-6-17(16-11-12-19(24-4)20(13-16)25-5)22-21(23)15(3)26-18-10-8-7-9-14(18)2/h7-13,15,17H,6H2,1-5H3,(H,22,23)/t15-,17+/m0/s1. The maximum absolute atomic E-state index is 12.6. The highest BCUT2D eigenvalue weighted by molar-refractivity contribution is 5.81. The highest BCUT2D eigenvalue weighted by Gasteiger charge is 2.20. The largest absolute Gasteiger partial charge is 0.493 e. The first-order valence-corrected chi connectivity index (χ1v) is 8.74. The molecule has 0 saturated carbocycles. The van der Waals surface area contributed by atoms with Gasteiger partial charge < -0.3 is 19.5 Å². The van der Waals surface area contributed by atoms with E-state index in [1.165, 1.54) is 0 Å². The van der Waals surface area contributed by atoms with Crippen molar-refractivity contribution < 1.29 is 19.0 Å². The number of benzene rings is 2. The van der Waals surface area contributed by atoms with Gasteiger partial charge in [-0.25, -0.2) is 0 Å². The Morgan fingerprint density at radius 3 is 2.35 bits per heavy atom. The van der Waals surface area contributed by atoms with E-state index in [2.05, 4.69) is 5.32 Å². The van der Waals surface area contributed by atoms with Crippen LogP contribution in [-0.2, 0) is 4.79 Å². The van der Waals surface area contributed by atoms with E-state index >= 15 is 0 Å². The Morgan fingerprint density at radius 1 is 1.04 bits per heavy atom. The molecule has 0 saturated heterocycles. The van der Waals surface area contributed by atoms with Gasteiger partial charge in [-0.3, -0.25) is 4.79 Å². The van der Waals surface area contributed by atoms with Crippen LogP contribution in [0, 0.1) is 6.92 Å². The lowest BCUT2D eigenvalue weighted by atomic mass is 10.0. The highest BCUT2D eigenvalue weighted by atomic mass is 16.5. The average Bonchev–Trinajstić information content (AvgIpc) is 2.67. The Hall–Kier alpha value is -2.69. The first-order valence-electron chi connectivity index (χ1n) is 8.74. The Balaban J connectivity index is 2.09. The summed E-state index contributed by atoms with van der Waals surface area (Å²) >= 11 is 0. The second kappa shape index (κ2) is 9.13. The molecule has 0 aliphatic carbocycles. The maximum Gasteiger partial charge on any atom is 0.261 e. The van der Waals surface area contributed by atoms with Gasteiger partial charge in [0.05, 0.1) is 20.3 Å². The number of methoxy groups -OCH3 is 2. The molecule has 2 atom stereocenters. The van der Waals surface area contributed by atoms with Crippen molar-refractivity contribution in [3.05, 3.63) is 53.6 Å². The summed E-state index contributed by atoms with van der Waals surface area (Å²) < 4.78 is 16.4. The minimum Gasteiger partial charge on any atom is -0.493 e. The molecular formula is C21H27NO4. The molecule has 2 aromatic carbocycles. The number of hydrogen-bond donors (Lipinski definition) is 1. The Kier molecular flexibility index (Phi) is 6.89. The highest BCUT2D eigenvalue weighted by Crippen LogP contribution is 2.31. The van der Waals surface area contributed by atoms with Crippen LogP contribution in [0.5, 0.6) is 17.2 Å². The number of ether oxygens (including phenoxy) is 3. The van der Waals surface area contributed by atoms with Crippen molar-refractivity contribution in [1.29, 1.82) is 0 Å². The van der Waals surface area contributed by atoms with E-state index in [1.807, 2.05) is 56.3 Å². The zero-order chi connectivity index (χ0) is 19.1. The number of rotatable bonds is 8. The van der Waals surface area contributed by atoms with Crippen molar-refractivity contribution in [1.82, 2.24) is 5.32 Å². The van der Waals surface area contributed by atoms with Crippen LogP contribution in [0.15, 0.2) is 42.5 Å². The summed E-state index contributed by atoms with van der Waals surface area (Å²) in [7, 11) is 3.19. The molecule has 0 fully saturated rings. The summed E-state index contributed by atoms with van der Waals surface area (Å²) in [5.41, 5.74) is 1.96. The number of nitrogens with one attached hydrogen (secondary N) is 1. The van der Waals surface area contributed by atoms with Crippen molar-refractivity contribution in [2.45, 2.75) is 39.3 Å². The number of aryl methyl sites for hydroxylation is 1. The van der Waals surface area contributed by atoms with Crippen molar-refractivity contribution in [3.63, 3.8) is 0 Å². The first kappa shape index (κ1) is 19.6. The van der Waals surface area contributed by atoms with Crippen LogP contribution < -0.4 is 19.5 Å². The minimum absolute atomic E-state index is 0.134. The maximum atomic E-state index is 12.6. The summed E-state index contributed by atoms with van der Waals surface area (Å²) in [6.45, 7) is 5.73. The van der Waals surface area contributed by atoms with Gasteiger partial charge in [0.1, 0.15) is 5.75 Å². The van der Waals surface area contributed by atoms with Crippen LogP contribution in [0.2, 0.25) is 0 Å². The summed E-state index contributed by atoms with van der Waals surface area (Å²) in [6.07, 6.45) is 0.156. The number of carbonyl (C=O) groups is 1. The van der Waals surface area contributed by atoms with E-state index in [0.29, 0.717) is 17.2 Å². The summed E-state index contributed by atoms with van der Waals surface area (Å²) in [5.74, 6) is 1.86. The number of hydrogen-bond acceptors (Lipinski definition) is 4. The van der Waals surface area contributed by atoms with Gasteiger partial charge in [-0.05, 0) is 49.6 Å². The molecule has 2 aromatic rings. The van der Waals surface area contributed by atoms with Crippen LogP contribution in [-0.4, -0.2) is 26.2 Å². The lowest BCUT2D eigenvalue weighted by Crippen LogP contribution is -2.38. The molecule has 1 N–H and O–H groups in total. The number of para-hydroxylation sites is 1. The van der Waals surface area contributed by atoms with E-state index in [-0.39, 0.29) is 11.9 Å². The summed E-state index contributed by atoms with van der Waals surface area (Å²) in [6, 6.07) is 13.2. The molecule has 0 aromatic heterocycles. The second-order valence-corrected chi connectivity index (χ2v) is 6.11. The lowest BCUT2D eigenvalue weighted by Gasteiger charge is -2.22. The van der Waals surface area contributed by atoms with Gasteiger partial charge in [0, 0.05) is 0 Å². The van der Waals surface area contributed by atoms with Crippen LogP contribution >= 0.6 is 0 Å². The molecule has 5 heteroatoms. The Bertz CT molecular complexity index is 745. The summed E-state index contributed by atoms with van der Waals surface area (Å²) in [5, 5.41) is 3.05. The third-order valence-electron chi connectivity index (χ3n) is 4.30. The van der Waals surface area contributed by atoms with E-state index in [1.54, 1.807) is 21.1 Å². The van der Waals surface area contributed by atoms with Crippen molar-refractivity contribution in [3.8, 4) is 17.2 Å². The number of amides is 1. The topological polar surface area (TPSA) is 56.8 Å². The van der Waals surface area contributed by atoms with E-state index in [9.17, 15) is 4.79 Å². The van der Waals surface area contributed by atoms with Gasteiger partial charge in [0.15, 0.2) is 17.6 Å². The fraction of sp³-hybridized carbons (Fsp3) is 0.381. The van der Waals surface area contributed by atoms with Gasteiger partial charge in [-0.15, -0.1) is 0 Å². The molecule has 0 spiro atoms. The molecule has 2 rings (SSSR count). The van der Waals surface area contributed by atoms with Gasteiger partial charge in [0.25, 0.3) is 5.91 Å². The average molecular weight is 357 g/mol. The van der Waals surface area contributed by atoms with Crippen LogP contribution in [0.1, 0.15) is 37.4 Å². The molecule has 26 heavy (non-hydrogen) atoms. The Labute approximate surface area is 155 Å². The zero-order valence-corrected chi connectivity index (χ0v) is 16.0. The first-order chi connectivity index (χ1) is 12.5. The minimum atomic E-state index is -0.592. The smallest absolute Gasteiger partial charge is 0.261 e. The van der Waals surface area contributed by atoms with E-state index < -0.39 is 6.10 Å². The molecule has 1 amide bonds. The van der Waals surface area contributed by atoms with Crippen LogP contribution in [0.4, 0.5) is 0 Å². The predicted molar refractivity (Wildman–Crippen MR) is 102 cm³/mol. The van der Waals surface area contributed by atoms with Crippen LogP contribution in [0.25, 0.3) is 0 Å². The molecular weight excluding hydrogens is 330 g/mol. The fourth-order valence-corrected chi connectivity index (χ4v) is 2.71. The van der Waals surface area contributed by atoms with E-state index in [0.717, 1.165) is 17.5 Å². The molecule has 0 unspecified atom stereocenters. The van der Waals surface area contributed by atoms with Crippen molar-refractivity contribution in [2.24, 2.45) is 0 Å². The zero-order valence-electron chi connectivity index (χ0n) is 16.0. The third kappa shape index (κ3) is 4.69. The quantitative estimate of drug-likeness (QED) is 0.774. The lowest BCUT2D eigenvalue weighted by molar-refractivity contribution is -0.128. The molecule has 0 radical (unpaired) electrons. The van der Waals surface area contributed by atoms with Gasteiger partial charge in [-0.2, -0.15) is 0 Å². The molecule has 0 heterocycles. The molecule has 0 aliphatic heterocycles. The Morgan fingerprint density at radius 2 is 1.73 bits per heavy atom. The van der Waals surface area contributed by atoms with Crippen molar-refractivity contribution in [2.75, 3.05) is 14.2 Å². The molecule has 0 aliphatic rings. The SMILES string of the molecule is CC[C@@H](NC(=O)[C@H](C)Oc1ccccc1C)c1ccc(OC)c(OC)c1.